The number of rotatable bonds is 7. The third-order valence-corrected chi connectivity index (χ3v) is 2.83. The summed E-state index contributed by atoms with van der Waals surface area (Å²) >= 11 is 0. The largest absolute Gasteiger partial charge is 0.496 e. The van der Waals surface area contributed by atoms with E-state index < -0.39 is 12.0 Å². The van der Waals surface area contributed by atoms with Gasteiger partial charge in [0.1, 0.15) is 17.2 Å². The normalized spacial score (nSPS) is 11.8. The van der Waals surface area contributed by atoms with Crippen LogP contribution in [0.15, 0.2) is 12.1 Å². The van der Waals surface area contributed by atoms with Gasteiger partial charge in [-0.05, 0) is 7.05 Å². The van der Waals surface area contributed by atoms with Crippen LogP contribution in [0.4, 0.5) is 0 Å². The predicted molar refractivity (Wildman–Crippen MR) is 70.2 cm³/mol. The average molecular weight is 269 g/mol. The second-order valence-corrected chi connectivity index (χ2v) is 3.88. The molecule has 0 spiro atoms. The summed E-state index contributed by atoms with van der Waals surface area (Å²) in [6, 6.07) is 2.99. The zero-order chi connectivity index (χ0) is 14.4. The van der Waals surface area contributed by atoms with Crippen molar-refractivity contribution in [1.29, 1.82) is 0 Å². The molecular weight excluding hydrogens is 250 g/mol. The van der Waals surface area contributed by atoms with Gasteiger partial charge >= 0.3 is 5.97 Å². The predicted octanol–water partition coefficient (Wildman–Crippen LogP) is 1.45. The topological polar surface area (TPSA) is 77.0 Å². The number of carboxylic acids is 1. The molecule has 0 saturated heterocycles. The Kier molecular flexibility index (Phi) is 5.44. The Bertz CT molecular complexity index is 422. The van der Waals surface area contributed by atoms with Crippen molar-refractivity contribution in [3.05, 3.63) is 17.7 Å². The first kappa shape index (κ1) is 15.1. The van der Waals surface area contributed by atoms with Crippen LogP contribution in [0.5, 0.6) is 17.2 Å². The van der Waals surface area contributed by atoms with Gasteiger partial charge in [-0.3, -0.25) is 4.79 Å². The van der Waals surface area contributed by atoms with Crippen molar-refractivity contribution in [2.24, 2.45) is 0 Å². The number of methoxy groups -OCH3 is 3. The van der Waals surface area contributed by atoms with Gasteiger partial charge in [0.15, 0.2) is 0 Å². The Hall–Kier alpha value is -1.95. The SMILES string of the molecule is CNC(CC(=O)O)c1c(OC)cc(OC)cc1OC. The number of carbonyl (C=O) groups is 1. The summed E-state index contributed by atoms with van der Waals surface area (Å²) < 4.78 is 15.8. The van der Waals surface area contributed by atoms with Gasteiger partial charge in [0.2, 0.25) is 0 Å². The fourth-order valence-corrected chi connectivity index (χ4v) is 1.90. The Morgan fingerprint density at radius 3 is 2.05 bits per heavy atom. The molecule has 6 heteroatoms. The standard InChI is InChI=1S/C13H19NO5/c1-14-9(7-12(15)16)13-10(18-3)5-8(17-2)6-11(13)19-4/h5-6,9,14H,7H2,1-4H3,(H,15,16). The highest BCUT2D eigenvalue weighted by Gasteiger charge is 2.23. The minimum atomic E-state index is -0.903. The minimum Gasteiger partial charge on any atom is -0.496 e. The van der Waals surface area contributed by atoms with Crippen LogP contribution >= 0.6 is 0 Å². The van der Waals surface area contributed by atoms with Crippen LogP contribution in [0.2, 0.25) is 0 Å². The van der Waals surface area contributed by atoms with Gasteiger partial charge in [0, 0.05) is 18.2 Å². The molecule has 0 aliphatic carbocycles. The number of carboxylic acid groups (broad SMARTS) is 1. The van der Waals surface area contributed by atoms with E-state index in [1.165, 1.54) is 14.2 Å². The molecule has 2 N–H and O–H groups in total. The van der Waals surface area contributed by atoms with Crippen molar-refractivity contribution >= 4 is 5.97 Å². The average Bonchev–Trinajstić information content (AvgIpc) is 2.42. The second kappa shape index (κ2) is 6.84. The van der Waals surface area contributed by atoms with E-state index in [0.717, 1.165) is 0 Å². The van der Waals surface area contributed by atoms with E-state index in [9.17, 15) is 4.79 Å². The highest BCUT2D eigenvalue weighted by Crippen LogP contribution is 2.39. The molecule has 0 aliphatic rings. The van der Waals surface area contributed by atoms with Crippen LogP contribution in [0.3, 0.4) is 0 Å². The van der Waals surface area contributed by atoms with Crippen molar-refractivity contribution in [2.45, 2.75) is 12.5 Å². The van der Waals surface area contributed by atoms with Gasteiger partial charge in [-0.15, -0.1) is 0 Å². The molecule has 0 radical (unpaired) electrons. The lowest BCUT2D eigenvalue weighted by molar-refractivity contribution is -0.137. The fourth-order valence-electron chi connectivity index (χ4n) is 1.90. The van der Waals surface area contributed by atoms with Crippen molar-refractivity contribution in [2.75, 3.05) is 28.4 Å². The van der Waals surface area contributed by atoms with E-state index in [1.807, 2.05) is 0 Å². The summed E-state index contributed by atoms with van der Waals surface area (Å²) in [5.74, 6) is 0.732. The third-order valence-electron chi connectivity index (χ3n) is 2.83. The van der Waals surface area contributed by atoms with E-state index >= 15 is 0 Å². The van der Waals surface area contributed by atoms with Crippen molar-refractivity contribution in [3.63, 3.8) is 0 Å². The molecule has 1 aromatic rings. The Morgan fingerprint density at radius 1 is 1.21 bits per heavy atom. The van der Waals surface area contributed by atoms with Crippen LogP contribution in [0.1, 0.15) is 18.0 Å². The smallest absolute Gasteiger partial charge is 0.305 e. The maximum absolute atomic E-state index is 10.9. The highest BCUT2D eigenvalue weighted by atomic mass is 16.5. The molecule has 19 heavy (non-hydrogen) atoms. The summed E-state index contributed by atoms with van der Waals surface area (Å²) in [5, 5.41) is 11.9. The highest BCUT2D eigenvalue weighted by molar-refractivity contribution is 5.69. The molecule has 1 unspecified atom stereocenters. The maximum Gasteiger partial charge on any atom is 0.305 e. The number of nitrogens with one attached hydrogen (secondary N) is 1. The maximum atomic E-state index is 10.9. The molecule has 0 aromatic heterocycles. The van der Waals surface area contributed by atoms with Gasteiger partial charge in [0.05, 0.1) is 33.3 Å². The molecule has 6 nitrogen and oxygen atoms in total. The Labute approximate surface area is 112 Å². The van der Waals surface area contributed by atoms with Crippen molar-refractivity contribution in [3.8, 4) is 17.2 Å². The molecule has 106 valence electrons. The first-order chi connectivity index (χ1) is 9.07. The zero-order valence-electron chi connectivity index (χ0n) is 11.5. The monoisotopic (exact) mass is 269 g/mol. The quantitative estimate of drug-likeness (QED) is 0.780. The lowest BCUT2D eigenvalue weighted by Crippen LogP contribution is -2.21. The first-order valence-electron chi connectivity index (χ1n) is 5.76. The summed E-state index contributed by atoms with van der Waals surface area (Å²) in [7, 11) is 6.27. The van der Waals surface area contributed by atoms with Crippen LogP contribution < -0.4 is 19.5 Å². The summed E-state index contributed by atoms with van der Waals surface area (Å²) in [4.78, 5) is 10.9. The van der Waals surface area contributed by atoms with Crippen molar-refractivity contribution in [1.82, 2.24) is 5.32 Å². The number of hydrogen-bond donors (Lipinski definition) is 2. The third kappa shape index (κ3) is 3.51. The molecule has 0 saturated carbocycles. The number of benzene rings is 1. The van der Waals surface area contributed by atoms with E-state index in [1.54, 1.807) is 26.3 Å². The van der Waals surface area contributed by atoms with E-state index in [2.05, 4.69) is 5.32 Å². The molecule has 0 amide bonds. The lowest BCUT2D eigenvalue weighted by atomic mass is 10.0. The number of hydrogen-bond acceptors (Lipinski definition) is 5. The van der Waals surface area contributed by atoms with E-state index in [4.69, 9.17) is 19.3 Å². The number of ether oxygens (including phenoxy) is 3. The van der Waals surface area contributed by atoms with Crippen LogP contribution in [-0.2, 0) is 4.79 Å². The molecule has 0 aliphatic heterocycles. The molecule has 0 heterocycles. The van der Waals surface area contributed by atoms with Gasteiger partial charge in [-0.25, -0.2) is 0 Å². The van der Waals surface area contributed by atoms with Gasteiger partial charge in [-0.1, -0.05) is 0 Å². The van der Waals surface area contributed by atoms with Crippen LogP contribution in [-0.4, -0.2) is 39.5 Å². The van der Waals surface area contributed by atoms with Gasteiger partial charge in [-0.2, -0.15) is 0 Å². The zero-order valence-corrected chi connectivity index (χ0v) is 11.5. The van der Waals surface area contributed by atoms with Gasteiger partial charge < -0.3 is 24.6 Å². The molecular formula is C13H19NO5. The Balaban J connectivity index is 3.32. The van der Waals surface area contributed by atoms with E-state index in [0.29, 0.717) is 22.8 Å². The minimum absolute atomic E-state index is 0.0739. The summed E-state index contributed by atoms with van der Waals surface area (Å²) in [6.07, 6.45) is -0.0739. The first-order valence-corrected chi connectivity index (χ1v) is 5.76. The fraction of sp³-hybridized carbons (Fsp3) is 0.462. The molecule has 0 fully saturated rings. The molecule has 1 aromatic carbocycles. The van der Waals surface area contributed by atoms with Crippen molar-refractivity contribution < 1.29 is 24.1 Å². The number of aliphatic carboxylic acids is 1. The van der Waals surface area contributed by atoms with Crippen LogP contribution in [0.25, 0.3) is 0 Å². The van der Waals surface area contributed by atoms with E-state index in [-0.39, 0.29) is 6.42 Å². The molecule has 1 atom stereocenters. The molecule has 0 bridgehead atoms. The summed E-state index contributed by atoms with van der Waals surface area (Å²) in [6.45, 7) is 0. The molecule has 1 rings (SSSR count). The Morgan fingerprint density at radius 2 is 1.74 bits per heavy atom. The second-order valence-electron chi connectivity index (χ2n) is 3.88. The lowest BCUT2D eigenvalue weighted by Gasteiger charge is -2.21. The summed E-state index contributed by atoms with van der Waals surface area (Å²) in [5.41, 5.74) is 0.663. The van der Waals surface area contributed by atoms with Crippen LogP contribution in [0, 0.1) is 0 Å². The van der Waals surface area contributed by atoms with Gasteiger partial charge in [0.25, 0.3) is 0 Å².